The predicted octanol–water partition coefficient (Wildman–Crippen LogP) is 15.6. The van der Waals surface area contributed by atoms with Gasteiger partial charge in [-0.05, 0) is 82.5 Å². The van der Waals surface area contributed by atoms with Crippen LogP contribution in [-0.2, 0) is 47.6 Å². The SMILES string of the molecule is CCCCCCCCOCC(=O)COCCCCCCCC/C=C\CCCCCCC(=O)OC.CCCCCCCCOCC(=O)COCCCCCCCCC1CC1CCCCCCC(=O)OC. The zero-order valence-corrected chi connectivity index (χ0v) is 45.6. The molecular formula is C59H110O10. The number of methoxy groups -OCH3 is 2. The van der Waals surface area contributed by atoms with E-state index in [0.29, 0.717) is 39.3 Å². The lowest BCUT2D eigenvalue weighted by molar-refractivity contribution is -0.141. The summed E-state index contributed by atoms with van der Waals surface area (Å²) < 4.78 is 31.2. The summed E-state index contributed by atoms with van der Waals surface area (Å²) in [5.41, 5.74) is 0. The van der Waals surface area contributed by atoms with Gasteiger partial charge in [0, 0.05) is 39.3 Å². The fourth-order valence-corrected chi connectivity index (χ4v) is 8.66. The lowest BCUT2D eigenvalue weighted by atomic mass is 10.0. The van der Waals surface area contributed by atoms with Crippen LogP contribution in [0, 0.1) is 11.8 Å². The van der Waals surface area contributed by atoms with Gasteiger partial charge in [-0.2, -0.15) is 0 Å². The number of unbranched alkanes of at least 4 members (excludes halogenated alkanes) is 28. The van der Waals surface area contributed by atoms with Gasteiger partial charge in [-0.3, -0.25) is 19.2 Å². The van der Waals surface area contributed by atoms with Crippen LogP contribution in [-0.4, -0.2) is 90.6 Å². The van der Waals surface area contributed by atoms with Gasteiger partial charge in [-0.1, -0.05) is 193 Å². The number of ether oxygens (including phenoxy) is 6. The molecule has 10 heteroatoms. The smallest absolute Gasteiger partial charge is 0.305 e. The van der Waals surface area contributed by atoms with E-state index >= 15 is 0 Å². The lowest BCUT2D eigenvalue weighted by Crippen LogP contribution is -2.16. The minimum Gasteiger partial charge on any atom is -0.469 e. The third kappa shape index (κ3) is 53.5. The first-order valence-electron chi connectivity index (χ1n) is 29.0. The minimum absolute atomic E-state index is 0.0533. The molecule has 1 aliphatic carbocycles. The van der Waals surface area contributed by atoms with Gasteiger partial charge in [0.25, 0.3) is 0 Å². The van der Waals surface area contributed by atoms with Crippen molar-refractivity contribution in [3.05, 3.63) is 12.2 Å². The first kappa shape index (κ1) is 66.9. The second-order valence-electron chi connectivity index (χ2n) is 19.9. The number of carbonyl (C=O) groups is 4. The molecule has 0 aromatic rings. The number of ketones is 2. The average molecular weight is 980 g/mol. The summed E-state index contributed by atoms with van der Waals surface area (Å²) >= 11 is 0. The summed E-state index contributed by atoms with van der Waals surface area (Å²) in [5.74, 6) is 1.92. The van der Waals surface area contributed by atoms with Crippen LogP contribution < -0.4 is 0 Å². The van der Waals surface area contributed by atoms with Crippen LogP contribution in [0.25, 0.3) is 0 Å². The van der Waals surface area contributed by atoms with Crippen molar-refractivity contribution in [1.29, 1.82) is 0 Å². The van der Waals surface area contributed by atoms with E-state index in [0.717, 1.165) is 69.6 Å². The molecule has 0 aromatic heterocycles. The van der Waals surface area contributed by atoms with E-state index in [4.69, 9.17) is 18.9 Å². The number of rotatable bonds is 54. The second-order valence-corrected chi connectivity index (χ2v) is 19.9. The van der Waals surface area contributed by atoms with E-state index in [1.165, 1.54) is 194 Å². The number of allylic oxidation sites excluding steroid dienone is 2. The Bertz CT molecular complexity index is 1160. The van der Waals surface area contributed by atoms with E-state index < -0.39 is 0 Å². The molecule has 1 rings (SSSR count). The van der Waals surface area contributed by atoms with Crippen LogP contribution in [0.1, 0.15) is 264 Å². The van der Waals surface area contributed by atoms with Crippen molar-refractivity contribution in [1.82, 2.24) is 0 Å². The molecule has 0 aromatic carbocycles. The number of esters is 2. The average Bonchev–Trinajstić information content (AvgIpc) is 4.11. The monoisotopic (exact) mass is 979 g/mol. The highest BCUT2D eigenvalue weighted by atomic mass is 16.5. The van der Waals surface area contributed by atoms with Crippen molar-refractivity contribution in [2.75, 3.05) is 67.1 Å². The molecule has 10 nitrogen and oxygen atoms in total. The fraction of sp³-hybridized carbons (Fsp3) is 0.898. The van der Waals surface area contributed by atoms with Gasteiger partial charge in [-0.25, -0.2) is 0 Å². The summed E-state index contributed by atoms with van der Waals surface area (Å²) in [5, 5.41) is 0. The normalized spacial score (nSPS) is 14.2. The summed E-state index contributed by atoms with van der Waals surface area (Å²) in [4.78, 5) is 45.6. The molecule has 2 unspecified atom stereocenters. The Balaban J connectivity index is 0.00000134. The molecule has 1 aliphatic rings. The van der Waals surface area contributed by atoms with Gasteiger partial charge >= 0.3 is 11.9 Å². The van der Waals surface area contributed by atoms with Crippen LogP contribution in [0.5, 0.6) is 0 Å². The van der Waals surface area contributed by atoms with E-state index in [1.54, 1.807) is 0 Å². The molecule has 0 aliphatic heterocycles. The van der Waals surface area contributed by atoms with E-state index in [9.17, 15) is 19.2 Å². The Morgan fingerprint density at radius 3 is 0.957 bits per heavy atom. The van der Waals surface area contributed by atoms with E-state index in [2.05, 4.69) is 35.5 Å². The minimum atomic E-state index is -0.0974. The Labute approximate surface area is 425 Å². The number of hydrogen-bond donors (Lipinski definition) is 0. The van der Waals surface area contributed by atoms with Gasteiger partial charge in [0.2, 0.25) is 0 Å². The highest BCUT2D eigenvalue weighted by Crippen LogP contribution is 2.45. The molecule has 1 fully saturated rings. The Morgan fingerprint density at radius 2 is 0.638 bits per heavy atom. The summed E-state index contributed by atoms with van der Waals surface area (Å²) in [6, 6.07) is 0. The van der Waals surface area contributed by atoms with Crippen molar-refractivity contribution >= 4 is 23.5 Å². The van der Waals surface area contributed by atoms with Crippen LogP contribution >= 0.6 is 0 Å². The standard InChI is InChI=1S/C30H56O5.C29H54O5/c1-3-4-5-6-12-17-22-34-25-29(31)26-35-23-18-13-8-7-9-14-19-27-24-28(27)20-15-10-11-16-21-30(32)33-2;1-3-4-5-6-18-21-24-33-26-28(30)27-34-25-22-19-16-14-12-10-8-7-9-11-13-15-17-20-23-29(31)32-2/h27-28H,3-26H2,1-2H3;7,9H,3-6,8,10-27H2,1-2H3/b;9-7-. The quantitative estimate of drug-likeness (QED) is 0.0330. The van der Waals surface area contributed by atoms with Crippen molar-refractivity contribution in [2.24, 2.45) is 11.8 Å². The van der Waals surface area contributed by atoms with Crippen LogP contribution in [0.4, 0.5) is 0 Å². The Hall–Kier alpha value is -2.14. The molecular weight excluding hydrogens is 869 g/mol. The predicted molar refractivity (Wildman–Crippen MR) is 285 cm³/mol. The molecule has 0 bridgehead atoms. The molecule has 0 N–H and O–H groups in total. The van der Waals surface area contributed by atoms with Crippen LogP contribution in [0.2, 0.25) is 0 Å². The van der Waals surface area contributed by atoms with E-state index in [1.807, 2.05) is 0 Å². The number of hydrogen-bond acceptors (Lipinski definition) is 10. The van der Waals surface area contributed by atoms with Crippen molar-refractivity contribution in [3.8, 4) is 0 Å². The molecule has 0 amide bonds. The molecule has 69 heavy (non-hydrogen) atoms. The van der Waals surface area contributed by atoms with Crippen LogP contribution in [0.3, 0.4) is 0 Å². The zero-order valence-electron chi connectivity index (χ0n) is 45.6. The third-order valence-electron chi connectivity index (χ3n) is 13.3. The van der Waals surface area contributed by atoms with Gasteiger partial charge < -0.3 is 28.4 Å². The largest absolute Gasteiger partial charge is 0.469 e. The number of carbonyl (C=O) groups excluding carboxylic acids is 4. The van der Waals surface area contributed by atoms with Crippen molar-refractivity contribution in [2.45, 2.75) is 264 Å². The molecule has 406 valence electrons. The number of Topliss-reactive ketones (excluding diaryl/α,β-unsaturated/α-hetero) is 2. The fourth-order valence-electron chi connectivity index (χ4n) is 8.66. The van der Waals surface area contributed by atoms with Crippen molar-refractivity contribution in [3.63, 3.8) is 0 Å². The molecule has 0 spiro atoms. The summed E-state index contributed by atoms with van der Waals surface area (Å²) in [7, 11) is 2.91. The molecule has 1 saturated carbocycles. The topological polar surface area (TPSA) is 124 Å². The maximum absolute atomic E-state index is 11.8. The first-order valence-corrected chi connectivity index (χ1v) is 29.0. The zero-order chi connectivity index (χ0) is 50.4. The van der Waals surface area contributed by atoms with Crippen molar-refractivity contribution < 1.29 is 47.6 Å². The highest BCUT2D eigenvalue weighted by molar-refractivity contribution is 5.81. The first-order chi connectivity index (χ1) is 33.9. The second kappa shape index (κ2) is 55.2. The summed E-state index contributed by atoms with van der Waals surface area (Å²) in [6.07, 6.45) is 51.2. The molecule has 0 saturated heterocycles. The van der Waals surface area contributed by atoms with Gasteiger partial charge in [0.1, 0.15) is 26.4 Å². The molecule has 0 heterocycles. The van der Waals surface area contributed by atoms with Gasteiger partial charge in [0.05, 0.1) is 14.2 Å². The van der Waals surface area contributed by atoms with E-state index in [-0.39, 0.29) is 49.9 Å². The molecule has 0 radical (unpaired) electrons. The lowest BCUT2D eigenvalue weighted by Gasteiger charge is -2.06. The highest BCUT2D eigenvalue weighted by Gasteiger charge is 2.35. The molecule has 2 atom stereocenters. The maximum Gasteiger partial charge on any atom is 0.305 e. The summed E-state index contributed by atoms with van der Waals surface area (Å²) in [6.45, 7) is 7.99. The van der Waals surface area contributed by atoms with Gasteiger partial charge in [-0.15, -0.1) is 0 Å². The Morgan fingerprint density at radius 1 is 0.362 bits per heavy atom. The third-order valence-corrected chi connectivity index (χ3v) is 13.3. The Kier molecular flexibility index (Phi) is 53.5. The van der Waals surface area contributed by atoms with Gasteiger partial charge in [0.15, 0.2) is 11.6 Å². The maximum atomic E-state index is 11.8. The van der Waals surface area contributed by atoms with Crippen LogP contribution in [0.15, 0.2) is 12.2 Å².